The quantitative estimate of drug-likeness (QED) is 0.748. The summed E-state index contributed by atoms with van der Waals surface area (Å²) in [6.45, 7) is 1.99. The minimum Gasteiger partial charge on any atom is -0.493 e. The van der Waals surface area contributed by atoms with Gasteiger partial charge in [-0.25, -0.2) is 0 Å². The largest absolute Gasteiger partial charge is 0.493 e. The van der Waals surface area contributed by atoms with Gasteiger partial charge in [0.1, 0.15) is 0 Å². The second-order valence-electron chi connectivity index (χ2n) is 4.52. The minimum absolute atomic E-state index is 0.234. The fraction of sp³-hybridized carbons (Fsp3) is 0.467. The minimum atomic E-state index is -0.468. The van der Waals surface area contributed by atoms with E-state index in [1.165, 1.54) is 33.5 Å². The Labute approximate surface area is 129 Å². The van der Waals surface area contributed by atoms with Gasteiger partial charge in [-0.2, -0.15) is 0 Å². The zero-order chi connectivity index (χ0) is 16.5. The summed E-state index contributed by atoms with van der Waals surface area (Å²) in [4.78, 5) is 23.6. The van der Waals surface area contributed by atoms with Crippen LogP contribution in [0.2, 0.25) is 0 Å². The molecule has 0 aliphatic heterocycles. The van der Waals surface area contributed by atoms with E-state index in [4.69, 9.17) is 14.2 Å². The van der Waals surface area contributed by atoms with Crippen molar-refractivity contribution < 1.29 is 23.8 Å². The van der Waals surface area contributed by atoms with Crippen LogP contribution in [-0.4, -0.2) is 33.1 Å². The fourth-order valence-electron chi connectivity index (χ4n) is 1.81. The van der Waals surface area contributed by atoms with Crippen LogP contribution in [0.15, 0.2) is 12.1 Å². The number of amides is 2. The van der Waals surface area contributed by atoms with Crippen molar-refractivity contribution in [3.63, 3.8) is 0 Å². The van der Waals surface area contributed by atoms with Crippen molar-refractivity contribution >= 4 is 11.8 Å². The highest BCUT2D eigenvalue weighted by Gasteiger charge is 2.17. The average molecular weight is 310 g/mol. The van der Waals surface area contributed by atoms with E-state index in [0.29, 0.717) is 23.7 Å². The predicted molar refractivity (Wildman–Crippen MR) is 81.2 cm³/mol. The Morgan fingerprint density at radius 3 is 2.05 bits per heavy atom. The number of hydrazine groups is 1. The fourth-order valence-corrected chi connectivity index (χ4v) is 1.81. The monoisotopic (exact) mass is 310 g/mol. The maximum atomic E-state index is 12.1. The Bertz CT molecular complexity index is 506. The van der Waals surface area contributed by atoms with E-state index in [1.807, 2.05) is 6.92 Å². The zero-order valence-corrected chi connectivity index (χ0v) is 13.3. The van der Waals surface area contributed by atoms with Crippen LogP contribution in [-0.2, 0) is 4.79 Å². The van der Waals surface area contributed by atoms with Crippen LogP contribution >= 0.6 is 0 Å². The van der Waals surface area contributed by atoms with E-state index in [1.54, 1.807) is 0 Å². The van der Waals surface area contributed by atoms with Gasteiger partial charge >= 0.3 is 0 Å². The van der Waals surface area contributed by atoms with Gasteiger partial charge in [-0.1, -0.05) is 13.3 Å². The van der Waals surface area contributed by atoms with Gasteiger partial charge in [0.25, 0.3) is 5.91 Å². The molecule has 0 saturated heterocycles. The number of hydrogen-bond donors (Lipinski definition) is 2. The molecule has 0 aliphatic carbocycles. The number of nitrogens with one attached hydrogen (secondary N) is 2. The lowest BCUT2D eigenvalue weighted by atomic mass is 10.1. The molecule has 1 rings (SSSR count). The van der Waals surface area contributed by atoms with Gasteiger partial charge in [0.15, 0.2) is 11.5 Å². The van der Waals surface area contributed by atoms with Crippen molar-refractivity contribution in [2.45, 2.75) is 26.2 Å². The number of carbonyl (C=O) groups excluding carboxylic acids is 2. The molecule has 0 aromatic heterocycles. The molecule has 0 unspecified atom stereocenters. The lowest BCUT2D eigenvalue weighted by Gasteiger charge is -2.14. The highest BCUT2D eigenvalue weighted by Crippen LogP contribution is 2.38. The normalized spacial score (nSPS) is 9.82. The first-order valence-corrected chi connectivity index (χ1v) is 6.96. The maximum Gasteiger partial charge on any atom is 0.269 e. The average Bonchev–Trinajstić information content (AvgIpc) is 2.55. The van der Waals surface area contributed by atoms with Crippen molar-refractivity contribution in [1.29, 1.82) is 0 Å². The highest BCUT2D eigenvalue weighted by atomic mass is 16.5. The van der Waals surface area contributed by atoms with Crippen LogP contribution in [0.25, 0.3) is 0 Å². The Morgan fingerprint density at radius 1 is 1.00 bits per heavy atom. The molecule has 2 N–H and O–H groups in total. The molecule has 0 fully saturated rings. The molecular formula is C15H22N2O5. The number of hydrogen-bond acceptors (Lipinski definition) is 5. The SMILES string of the molecule is CCCCC(=O)NNC(=O)c1cc(OC)c(OC)c(OC)c1. The first-order chi connectivity index (χ1) is 10.6. The molecule has 0 aliphatic rings. The van der Waals surface area contributed by atoms with Gasteiger partial charge in [-0.15, -0.1) is 0 Å². The number of rotatable bonds is 7. The first-order valence-electron chi connectivity index (χ1n) is 6.96. The van der Waals surface area contributed by atoms with E-state index < -0.39 is 5.91 Å². The molecule has 2 amide bonds. The maximum absolute atomic E-state index is 12.1. The molecule has 122 valence electrons. The number of methoxy groups -OCH3 is 3. The summed E-state index contributed by atoms with van der Waals surface area (Å²) in [5.41, 5.74) is 5.01. The van der Waals surface area contributed by atoms with Crippen molar-refractivity contribution in [3.05, 3.63) is 17.7 Å². The van der Waals surface area contributed by atoms with Gasteiger partial charge in [-0.05, 0) is 18.6 Å². The Hall–Kier alpha value is -2.44. The third-order valence-electron chi connectivity index (χ3n) is 3.00. The van der Waals surface area contributed by atoms with Gasteiger partial charge in [0, 0.05) is 12.0 Å². The van der Waals surface area contributed by atoms with E-state index in [-0.39, 0.29) is 11.5 Å². The van der Waals surface area contributed by atoms with Crippen molar-refractivity contribution in [2.24, 2.45) is 0 Å². The Balaban J connectivity index is 2.83. The van der Waals surface area contributed by atoms with E-state index in [9.17, 15) is 9.59 Å². The molecule has 0 saturated carbocycles. The molecule has 0 heterocycles. The van der Waals surface area contributed by atoms with Crippen molar-refractivity contribution in [1.82, 2.24) is 10.9 Å². The van der Waals surface area contributed by atoms with Crippen molar-refractivity contribution in [3.8, 4) is 17.2 Å². The van der Waals surface area contributed by atoms with E-state index in [0.717, 1.165) is 12.8 Å². The second kappa shape index (κ2) is 8.76. The molecule has 0 spiro atoms. The molecule has 0 radical (unpaired) electrons. The summed E-state index contributed by atoms with van der Waals surface area (Å²) >= 11 is 0. The molecular weight excluding hydrogens is 288 g/mol. The lowest BCUT2D eigenvalue weighted by molar-refractivity contribution is -0.121. The van der Waals surface area contributed by atoms with Crippen LogP contribution in [0.3, 0.4) is 0 Å². The summed E-state index contributed by atoms with van der Waals surface area (Å²) in [5.74, 6) is 0.425. The molecule has 22 heavy (non-hydrogen) atoms. The first kappa shape index (κ1) is 17.6. The summed E-state index contributed by atoms with van der Waals surface area (Å²) in [6.07, 6.45) is 2.05. The molecule has 1 aromatic rings. The number of benzene rings is 1. The molecule has 0 bridgehead atoms. The summed E-state index contributed by atoms with van der Waals surface area (Å²) in [7, 11) is 4.41. The van der Waals surface area contributed by atoms with Crippen LogP contribution in [0.1, 0.15) is 36.5 Å². The van der Waals surface area contributed by atoms with Gasteiger partial charge < -0.3 is 14.2 Å². The summed E-state index contributed by atoms with van der Waals surface area (Å²) in [5, 5.41) is 0. The molecule has 1 aromatic carbocycles. The van der Waals surface area contributed by atoms with Gasteiger partial charge in [0.2, 0.25) is 11.7 Å². The highest BCUT2D eigenvalue weighted by molar-refractivity contribution is 5.96. The van der Waals surface area contributed by atoms with Crippen LogP contribution in [0.4, 0.5) is 0 Å². The zero-order valence-electron chi connectivity index (χ0n) is 13.3. The Morgan fingerprint density at radius 2 is 1.59 bits per heavy atom. The van der Waals surface area contributed by atoms with Crippen LogP contribution in [0.5, 0.6) is 17.2 Å². The number of ether oxygens (including phenoxy) is 3. The molecule has 7 heteroatoms. The van der Waals surface area contributed by atoms with Gasteiger partial charge in [0.05, 0.1) is 21.3 Å². The van der Waals surface area contributed by atoms with Crippen LogP contribution < -0.4 is 25.1 Å². The van der Waals surface area contributed by atoms with E-state index >= 15 is 0 Å². The third-order valence-corrected chi connectivity index (χ3v) is 3.00. The van der Waals surface area contributed by atoms with Crippen LogP contribution in [0, 0.1) is 0 Å². The lowest BCUT2D eigenvalue weighted by Crippen LogP contribution is -2.41. The smallest absolute Gasteiger partial charge is 0.269 e. The third kappa shape index (κ3) is 4.54. The second-order valence-corrected chi connectivity index (χ2v) is 4.52. The standard InChI is InChI=1S/C15H22N2O5/c1-5-6-7-13(18)16-17-15(19)10-8-11(20-2)14(22-4)12(9-10)21-3/h8-9H,5-7H2,1-4H3,(H,16,18)(H,17,19). The molecule has 0 atom stereocenters. The van der Waals surface area contributed by atoms with Gasteiger partial charge in [-0.3, -0.25) is 20.4 Å². The summed E-state index contributed by atoms with van der Waals surface area (Å²) in [6, 6.07) is 3.02. The Kier molecular flexibility index (Phi) is 7.01. The molecule has 7 nitrogen and oxygen atoms in total. The topological polar surface area (TPSA) is 85.9 Å². The number of carbonyl (C=O) groups is 2. The van der Waals surface area contributed by atoms with E-state index in [2.05, 4.69) is 10.9 Å². The predicted octanol–water partition coefficient (Wildman–Crippen LogP) is 1.66. The van der Waals surface area contributed by atoms with Crippen molar-refractivity contribution in [2.75, 3.05) is 21.3 Å². The summed E-state index contributed by atoms with van der Waals surface area (Å²) < 4.78 is 15.5. The number of unbranched alkanes of at least 4 members (excludes halogenated alkanes) is 1.